The molecular formula is C16H15FN4O3S. The first kappa shape index (κ1) is 17.0. The molecule has 9 heteroatoms. The minimum absolute atomic E-state index is 0.00912. The van der Waals surface area contributed by atoms with Crippen LogP contribution in [0.25, 0.3) is 5.65 Å². The molecule has 0 fully saturated rings. The highest BCUT2D eigenvalue weighted by atomic mass is 32.2. The van der Waals surface area contributed by atoms with Crippen molar-refractivity contribution >= 4 is 21.4 Å². The van der Waals surface area contributed by atoms with E-state index in [0.717, 1.165) is 12.1 Å². The maximum atomic E-state index is 12.9. The smallest absolute Gasteiger partial charge is 0.221 e. The molecule has 0 bridgehead atoms. The van der Waals surface area contributed by atoms with Crippen molar-refractivity contribution in [1.29, 1.82) is 0 Å². The van der Waals surface area contributed by atoms with Gasteiger partial charge in [0.25, 0.3) is 0 Å². The van der Waals surface area contributed by atoms with Crippen LogP contribution in [-0.4, -0.2) is 34.7 Å². The number of pyridine rings is 1. The van der Waals surface area contributed by atoms with Crippen LogP contribution in [0.15, 0.2) is 53.6 Å². The zero-order chi connectivity index (χ0) is 17.9. The molecule has 0 aliphatic heterocycles. The molecule has 1 aromatic carbocycles. The van der Waals surface area contributed by atoms with Crippen LogP contribution in [0.4, 0.5) is 4.39 Å². The van der Waals surface area contributed by atoms with Crippen molar-refractivity contribution in [2.45, 2.75) is 17.9 Å². The molecule has 3 rings (SSSR count). The second-order valence-electron chi connectivity index (χ2n) is 5.34. The van der Waals surface area contributed by atoms with Crippen molar-refractivity contribution in [3.63, 3.8) is 0 Å². The van der Waals surface area contributed by atoms with Gasteiger partial charge in [-0.1, -0.05) is 6.07 Å². The van der Waals surface area contributed by atoms with E-state index in [4.69, 9.17) is 0 Å². The predicted octanol–water partition coefficient (Wildman–Crippen LogP) is 1.35. The molecule has 0 saturated heterocycles. The first-order valence-corrected chi connectivity index (χ1v) is 9.14. The van der Waals surface area contributed by atoms with Gasteiger partial charge in [-0.25, -0.2) is 12.8 Å². The van der Waals surface area contributed by atoms with Crippen molar-refractivity contribution in [3.8, 4) is 0 Å². The normalized spacial score (nSPS) is 11.6. The fraction of sp³-hybridized carbons (Fsp3) is 0.188. The highest BCUT2D eigenvalue weighted by molar-refractivity contribution is 7.91. The number of sulfone groups is 1. The van der Waals surface area contributed by atoms with Crippen molar-refractivity contribution in [1.82, 2.24) is 19.9 Å². The quantitative estimate of drug-likeness (QED) is 0.668. The largest absolute Gasteiger partial charge is 0.349 e. The summed E-state index contributed by atoms with van der Waals surface area (Å²) in [4.78, 5) is 11.9. The Bertz CT molecular complexity index is 1000. The van der Waals surface area contributed by atoms with Gasteiger partial charge in [0, 0.05) is 12.6 Å². The molecule has 1 amide bonds. The topological polar surface area (TPSA) is 93.4 Å². The summed E-state index contributed by atoms with van der Waals surface area (Å²) in [7, 11) is -3.64. The number of amides is 1. The lowest BCUT2D eigenvalue weighted by atomic mass is 10.4. The van der Waals surface area contributed by atoms with Gasteiger partial charge in [0.15, 0.2) is 21.3 Å². The minimum Gasteiger partial charge on any atom is -0.349 e. The van der Waals surface area contributed by atoms with Crippen LogP contribution < -0.4 is 5.32 Å². The summed E-state index contributed by atoms with van der Waals surface area (Å²) < 4.78 is 38.8. The van der Waals surface area contributed by atoms with E-state index in [-0.39, 0.29) is 23.6 Å². The molecule has 2 aromatic heterocycles. The van der Waals surface area contributed by atoms with Crippen LogP contribution in [0, 0.1) is 5.82 Å². The molecule has 7 nitrogen and oxygen atoms in total. The summed E-state index contributed by atoms with van der Waals surface area (Å²) in [6.07, 6.45) is 1.58. The number of hydrogen-bond acceptors (Lipinski definition) is 5. The highest BCUT2D eigenvalue weighted by Gasteiger charge is 2.17. The Balaban J connectivity index is 1.57. The zero-order valence-electron chi connectivity index (χ0n) is 13.1. The van der Waals surface area contributed by atoms with Gasteiger partial charge in [-0.15, -0.1) is 10.2 Å². The van der Waals surface area contributed by atoms with Gasteiger partial charge in [-0.2, -0.15) is 0 Å². The van der Waals surface area contributed by atoms with E-state index in [1.54, 1.807) is 16.7 Å². The third-order valence-corrected chi connectivity index (χ3v) is 5.33. The average molecular weight is 362 g/mol. The van der Waals surface area contributed by atoms with Gasteiger partial charge in [0.05, 0.1) is 17.2 Å². The maximum Gasteiger partial charge on any atom is 0.221 e. The Labute approximate surface area is 143 Å². The number of nitrogens with zero attached hydrogens (tertiary/aromatic N) is 3. The molecule has 130 valence electrons. The second kappa shape index (κ2) is 6.98. The van der Waals surface area contributed by atoms with E-state index in [9.17, 15) is 17.6 Å². The number of halogens is 1. The highest BCUT2D eigenvalue weighted by Crippen LogP contribution is 2.12. The molecule has 0 spiro atoms. The number of carbonyl (C=O) groups is 1. The molecule has 0 saturated carbocycles. The average Bonchev–Trinajstić information content (AvgIpc) is 3.02. The van der Waals surface area contributed by atoms with Crippen molar-refractivity contribution < 1.29 is 17.6 Å². The number of carbonyl (C=O) groups excluding carboxylic acids is 1. The number of nitrogens with one attached hydrogen (secondary N) is 1. The van der Waals surface area contributed by atoms with Gasteiger partial charge < -0.3 is 5.32 Å². The Morgan fingerprint density at radius 3 is 2.64 bits per heavy atom. The number of rotatable bonds is 6. The van der Waals surface area contributed by atoms with Gasteiger partial charge in [0.2, 0.25) is 5.91 Å². The molecule has 1 N–H and O–H groups in total. The van der Waals surface area contributed by atoms with Crippen LogP contribution >= 0.6 is 0 Å². The lowest BCUT2D eigenvalue weighted by Crippen LogP contribution is -2.26. The Kier molecular flexibility index (Phi) is 4.75. The fourth-order valence-corrected chi connectivity index (χ4v) is 3.50. The van der Waals surface area contributed by atoms with Crippen molar-refractivity contribution in [2.75, 3.05) is 5.75 Å². The van der Waals surface area contributed by atoms with Gasteiger partial charge in [0.1, 0.15) is 5.82 Å². The van der Waals surface area contributed by atoms with Crippen molar-refractivity contribution in [2.24, 2.45) is 0 Å². The summed E-state index contributed by atoms with van der Waals surface area (Å²) in [6.45, 7) is 0.139. The lowest BCUT2D eigenvalue weighted by molar-refractivity contribution is -0.120. The summed E-state index contributed by atoms with van der Waals surface area (Å²) >= 11 is 0. The summed E-state index contributed by atoms with van der Waals surface area (Å²) in [5, 5.41) is 10.6. The predicted molar refractivity (Wildman–Crippen MR) is 87.9 cm³/mol. The lowest BCUT2D eigenvalue weighted by Gasteiger charge is -2.06. The van der Waals surface area contributed by atoms with Gasteiger partial charge >= 0.3 is 0 Å². The van der Waals surface area contributed by atoms with Crippen molar-refractivity contribution in [3.05, 3.63) is 60.3 Å². The molecule has 0 atom stereocenters. The number of fused-ring (bicyclic) bond motifs is 1. The molecule has 0 aliphatic rings. The standard InChI is InChI=1S/C16H15FN4O3S/c17-12-4-6-13(7-5-12)25(23,24)10-8-16(22)18-11-15-20-19-14-3-1-2-9-21(14)15/h1-7,9H,8,10-11H2,(H,18,22). The van der Waals surface area contributed by atoms with E-state index in [1.807, 2.05) is 12.1 Å². The Morgan fingerprint density at radius 2 is 1.88 bits per heavy atom. The number of aromatic nitrogens is 3. The maximum absolute atomic E-state index is 12.9. The Morgan fingerprint density at radius 1 is 1.12 bits per heavy atom. The fourth-order valence-electron chi connectivity index (χ4n) is 2.26. The third-order valence-electron chi connectivity index (χ3n) is 3.60. The first-order valence-electron chi connectivity index (χ1n) is 7.49. The van der Waals surface area contributed by atoms with E-state index >= 15 is 0 Å². The van der Waals surface area contributed by atoms with E-state index in [1.165, 1.54) is 12.1 Å². The molecule has 2 heterocycles. The van der Waals surface area contributed by atoms with E-state index in [0.29, 0.717) is 11.5 Å². The van der Waals surface area contributed by atoms with Gasteiger partial charge in [-0.05, 0) is 36.4 Å². The zero-order valence-corrected chi connectivity index (χ0v) is 13.9. The molecule has 0 radical (unpaired) electrons. The second-order valence-corrected chi connectivity index (χ2v) is 7.45. The minimum atomic E-state index is -3.64. The molecule has 3 aromatic rings. The van der Waals surface area contributed by atoms with Crippen LogP contribution in [0.1, 0.15) is 12.2 Å². The number of hydrogen-bond donors (Lipinski definition) is 1. The SMILES string of the molecule is O=C(CCS(=O)(=O)c1ccc(F)cc1)NCc1nnc2ccccn12. The molecule has 25 heavy (non-hydrogen) atoms. The van der Waals surface area contributed by atoms with Crippen LogP contribution in [0.5, 0.6) is 0 Å². The summed E-state index contributed by atoms with van der Waals surface area (Å²) in [5.74, 6) is -0.744. The van der Waals surface area contributed by atoms with E-state index < -0.39 is 21.6 Å². The summed E-state index contributed by atoms with van der Waals surface area (Å²) in [5.41, 5.74) is 0.658. The van der Waals surface area contributed by atoms with Crippen LogP contribution in [-0.2, 0) is 21.2 Å². The van der Waals surface area contributed by atoms with E-state index in [2.05, 4.69) is 15.5 Å². The Hall–Kier alpha value is -2.81. The first-order chi connectivity index (χ1) is 12.0. The summed E-state index contributed by atoms with van der Waals surface area (Å²) in [6, 6.07) is 9.94. The van der Waals surface area contributed by atoms with Crippen LogP contribution in [0.2, 0.25) is 0 Å². The molecular weight excluding hydrogens is 347 g/mol. The molecule has 0 unspecified atom stereocenters. The molecule has 0 aliphatic carbocycles. The van der Waals surface area contributed by atoms with Gasteiger partial charge in [-0.3, -0.25) is 9.20 Å². The number of benzene rings is 1. The monoisotopic (exact) mass is 362 g/mol. The van der Waals surface area contributed by atoms with Crippen LogP contribution in [0.3, 0.4) is 0 Å². The third kappa shape index (κ3) is 4.00.